The van der Waals surface area contributed by atoms with Gasteiger partial charge >= 0.3 is 0 Å². The predicted molar refractivity (Wildman–Crippen MR) is 102 cm³/mol. The molecule has 3 atom stereocenters. The highest BCUT2D eigenvalue weighted by atomic mass is 16.2. The molecule has 0 aliphatic carbocycles. The Morgan fingerprint density at radius 1 is 1.11 bits per heavy atom. The third kappa shape index (κ3) is 3.22. The average Bonchev–Trinajstić information content (AvgIpc) is 3.11. The highest BCUT2D eigenvalue weighted by Crippen LogP contribution is 2.32. The minimum atomic E-state index is -0.447. The normalized spacial score (nSPS) is 28.1. The molecule has 27 heavy (non-hydrogen) atoms. The second kappa shape index (κ2) is 6.98. The molecule has 2 fully saturated rings. The minimum absolute atomic E-state index is 0.00685. The van der Waals surface area contributed by atoms with Crippen molar-refractivity contribution >= 4 is 23.4 Å². The molecule has 0 N–H and O–H groups in total. The standard InChI is InChI=1S/C21H27N3O3/c1-14-10-15(2)12-22(11-14)19(25)13-24-17-7-4-3-6-16(17)20(26)23-9-5-8-18(23)21(24)27/h3-4,6-7,14-15,18H,5,8-13H2,1-2H3/t14-,15-,18+/m1/s1. The molecule has 0 aromatic heterocycles. The van der Waals surface area contributed by atoms with Gasteiger partial charge in [0.25, 0.3) is 5.91 Å². The van der Waals surface area contributed by atoms with Crippen LogP contribution >= 0.6 is 0 Å². The Labute approximate surface area is 160 Å². The summed E-state index contributed by atoms with van der Waals surface area (Å²) < 4.78 is 0. The zero-order valence-electron chi connectivity index (χ0n) is 16.1. The summed E-state index contributed by atoms with van der Waals surface area (Å²) in [4.78, 5) is 44.3. The molecule has 6 heteroatoms. The van der Waals surface area contributed by atoms with Crippen LogP contribution in [0, 0.1) is 11.8 Å². The van der Waals surface area contributed by atoms with Crippen LogP contribution in [0.15, 0.2) is 24.3 Å². The first-order valence-corrected chi connectivity index (χ1v) is 9.95. The van der Waals surface area contributed by atoms with E-state index in [2.05, 4.69) is 13.8 Å². The summed E-state index contributed by atoms with van der Waals surface area (Å²) in [5.41, 5.74) is 1.08. The Hall–Kier alpha value is -2.37. The number of benzene rings is 1. The molecule has 3 aliphatic rings. The maximum absolute atomic E-state index is 13.2. The Morgan fingerprint density at radius 3 is 2.56 bits per heavy atom. The van der Waals surface area contributed by atoms with E-state index in [0.29, 0.717) is 36.1 Å². The number of fused-ring (bicyclic) bond motifs is 2. The first-order chi connectivity index (χ1) is 13.0. The molecule has 0 spiro atoms. The van der Waals surface area contributed by atoms with E-state index in [1.54, 1.807) is 21.9 Å². The molecule has 144 valence electrons. The van der Waals surface area contributed by atoms with E-state index in [-0.39, 0.29) is 24.3 Å². The number of hydrogen-bond acceptors (Lipinski definition) is 3. The van der Waals surface area contributed by atoms with Crippen molar-refractivity contribution in [2.45, 2.75) is 39.2 Å². The number of hydrogen-bond donors (Lipinski definition) is 0. The van der Waals surface area contributed by atoms with Crippen molar-refractivity contribution in [1.82, 2.24) is 9.80 Å². The van der Waals surface area contributed by atoms with Gasteiger partial charge < -0.3 is 14.7 Å². The lowest BCUT2D eigenvalue weighted by Gasteiger charge is -2.36. The molecule has 0 radical (unpaired) electrons. The quantitative estimate of drug-likeness (QED) is 0.802. The highest BCUT2D eigenvalue weighted by Gasteiger charge is 2.42. The topological polar surface area (TPSA) is 60.9 Å². The molecular weight excluding hydrogens is 342 g/mol. The van der Waals surface area contributed by atoms with Gasteiger partial charge in [-0.15, -0.1) is 0 Å². The number of anilines is 1. The summed E-state index contributed by atoms with van der Waals surface area (Å²) in [6.07, 6.45) is 2.62. The number of carbonyl (C=O) groups is 3. The molecule has 2 saturated heterocycles. The van der Waals surface area contributed by atoms with E-state index in [1.165, 1.54) is 0 Å². The van der Waals surface area contributed by atoms with Gasteiger partial charge in [0.1, 0.15) is 12.6 Å². The van der Waals surface area contributed by atoms with Gasteiger partial charge in [0, 0.05) is 19.6 Å². The van der Waals surface area contributed by atoms with E-state index >= 15 is 0 Å². The van der Waals surface area contributed by atoms with Crippen LogP contribution in [0.4, 0.5) is 5.69 Å². The van der Waals surface area contributed by atoms with Gasteiger partial charge in [-0.25, -0.2) is 0 Å². The zero-order valence-corrected chi connectivity index (χ0v) is 16.1. The Balaban J connectivity index is 1.64. The van der Waals surface area contributed by atoms with Crippen LogP contribution in [0.5, 0.6) is 0 Å². The zero-order chi connectivity index (χ0) is 19.1. The molecule has 1 aromatic carbocycles. The summed E-state index contributed by atoms with van der Waals surface area (Å²) in [6, 6.07) is 6.72. The largest absolute Gasteiger partial charge is 0.341 e. The van der Waals surface area contributed by atoms with Crippen molar-refractivity contribution in [3.8, 4) is 0 Å². The first kappa shape index (κ1) is 18.0. The molecule has 3 amide bonds. The fraction of sp³-hybridized carbons (Fsp3) is 0.571. The molecule has 3 aliphatic heterocycles. The molecule has 0 bridgehead atoms. The van der Waals surface area contributed by atoms with Crippen molar-refractivity contribution in [3.63, 3.8) is 0 Å². The second-order valence-corrected chi connectivity index (χ2v) is 8.34. The van der Waals surface area contributed by atoms with Crippen LogP contribution < -0.4 is 4.90 Å². The number of rotatable bonds is 2. The summed E-state index contributed by atoms with van der Waals surface area (Å²) >= 11 is 0. The Kier molecular flexibility index (Phi) is 4.66. The van der Waals surface area contributed by atoms with Crippen LogP contribution in [0.2, 0.25) is 0 Å². The van der Waals surface area contributed by atoms with Crippen molar-refractivity contribution in [2.75, 3.05) is 31.1 Å². The predicted octanol–water partition coefficient (Wildman–Crippen LogP) is 2.14. The van der Waals surface area contributed by atoms with Crippen LogP contribution in [0.1, 0.15) is 43.5 Å². The number of amides is 3. The van der Waals surface area contributed by atoms with Gasteiger partial charge in [0.05, 0.1) is 11.3 Å². The van der Waals surface area contributed by atoms with Crippen LogP contribution in [0.25, 0.3) is 0 Å². The average molecular weight is 369 g/mol. The summed E-state index contributed by atoms with van der Waals surface area (Å²) in [6.45, 7) is 6.41. The lowest BCUT2D eigenvalue weighted by molar-refractivity contribution is -0.134. The molecule has 3 heterocycles. The summed E-state index contributed by atoms with van der Waals surface area (Å²) in [5.74, 6) is 0.678. The van der Waals surface area contributed by atoms with Crippen molar-refractivity contribution < 1.29 is 14.4 Å². The second-order valence-electron chi connectivity index (χ2n) is 8.34. The smallest absolute Gasteiger partial charge is 0.256 e. The van der Waals surface area contributed by atoms with E-state index in [1.807, 2.05) is 17.0 Å². The van der Waals surface area contributed by atoms with Gasteiger partial charge in [0.15, 0.2) is 0 Å². The van der Waals surface area contributed by atoms with Crippen LogP contribution in [0.3, 0.4) is 0 Å². The van der Waals surface area contributed by atoms with E-state index in [0.717, 1.165) is 25.9 Å². The summed E-state index contributed by atoms with van der Waals surface area (Å²) in [7, 11) is 0. The number of carbonyl (C=O) groups excluding carboxylic acids is 3. The number of para-hydroxylation sites is 1. The van der Waals surface area contributed by atoms with Gasteiger partial charge in [-0.2, -0.15) is 0 Å². The highest BCUT2D eigenvalue weighted by molar-refractivity contribution is 6.12. The SMILES string of the molecule is C[C@@H]1C[C@@H](C)CN(C(=O)CN2C(=O)[C@@H]3CCCN3C(=O)c3ccccc32)C1. The molecule has 0 unspecified atom stereocenters. The molecule has 0 saturated carbocycles. The van der Waals surface area contributed by atoms with Crippen LogP contribution in [-0.4, -0.2) is 59.7 Å². The molecular formula is C21H27N3O3. The molecule has 1 aromatic rings. The van der Waals surface area contributed by atoms with Gasteiger partial charge in [-0.3, -0.25) is 14.4 Å². The lowest BCUT2D eigenvalue weighted by Crippen LogP contribution is -2.51. The van der Waals surface area contributed by atoms with Gasteiger partial charge in [-0.05, 0) is 43.2 Å². The van der Waals surface area contributed by atoms with E-state index in [4.69, 9.17) is 0 Å². The Bertz CT molecular complexity index is 768. The third-order valence-electron chi connectivity index (χ3n) is 6.00. The van der Waals surface area contributed by atoms with Crippen molar-refractivity contribution in [3.05, 3.63) is 29.8 Å². The fourth-order valence-electron chi connectivity index (χ4n) is 4.87. The van der Waals surface area contributed by atoms with Crippen molar-refractivity contribution in [1.29, 1.82) is 0 Å². The number of piperidine rings is 1. The lowest BCUT2D eigenvalue weighted by atomic mass is 9.92. The maximum atomic E-state index is 13.2. The Morgan fingerprint density at radius 2 is 1.81 bits per heavy atom. The van der Waals surface area contributed by atoms with Gasteiger partial charge in [0.2, 0.25) is 11.8 Å². The number of likely N-dealkylation sites (tertiary alicyclic amines) is 1. The first-order valence-electron chi connectivity index (χ1n) is 9.95. The van der Waals surface area contributed by atoms with Gasteiger partial charge in [-0.1, -0.05) is 26.0 Å². The number of nitrogens with zero attached hydrogens (tertiary/aromatic N) is 3. The minimum Gasteiger partial charge on any atom is -0.341 e. The monoisotopic (exact) mass is 369 g/mol. The molecule has 4 rings (SSSR count). The third-order valence-corrected chi connectivity index (χ3v) is 6.00. The maximum Gasteiger partial charge on any atom is 0.256 e. The summed E-state index contributed by atoms with van der Waals surface area (Å²) in [5, 5.41) is 0. The fourth-order valence-corrected chi connectivity index (χ4v) is 4.87. The molecule has 6 nitrogen and oxygen atoms in total. The van der Waals surface area contributed by atoms with Crippen LogP contribution in [-0.2, 0) is 9.59 Å². The van der Waals surface area contributed by atoms with Crippen molar-refractivity contribution in [2.24, 2.45) is 11.8 Å². The van der Waals surface area contributed by atoms with E-state index in [9.17, 15) is 14.4 Å². The van der Waals surface area contributed by atoms with E-state index < -0.39 is 6.04 Å².